The molecular formula is C19H16BNO2. The standard InChI is InChI=1S/C19H16BNO2/c22-20(23)16-11-10-14(12-13-6-2-1-3-7-13)18-15-8-4-5-9-17(15)21-19(16)18/h1-11,21-23H,12H2. The highest BCUT2D eigenvalue weighted by molar-refractivity contribution is 6.62. The first-order valence-corrected chi connectivity index (χ1v) is 7.66. The van der Waals surface area contributed by atoms with E-state index in [0.29, 0.717) is 5.46 Å². The van der Waals surface area contributed by atoms with Gasteiger partial charge in [-0.05, 0) is 23.6 Å². The third kappa shape index (κ3) is 2.42. The fourth-order valence-corrected chi connectivity index (χ4v) is 3.23. The summed E-state index contributed by atoms with van der Waals surface area (Å²) in [5, 5.41) is 21.5. The number of benzene rings is 3. The van der Waals surface area contributed by atoms with Crippen LogP contribution in [-0.4, -0.2) is 22.2 Å². The van der Waals surface area contributed by atoms with Crippen molar-refractivity contribution in [3.63, 3.8) is 0 Å². The maximum absolute atomic E-state index is 9.66. The second-order valence-corrected chi connectivity index (χ2v) is 5.77. The SMILES string of the molecule is OB(O)c1ccc(Cc2ccccc2)c2c1[nH]c1ccccc12. The number of fused-ring (bicyclic) bond motifs is 3. The molecule has 3 aromatic carbocycles. The van der Waals surface area contributed by atoms with Crippen molar-refractivity contribution >= 4 is 34.4 Å². The number of hydrogen-bond donors (Lipinski definition) is 3. The van der Waals surface area contributed by atoms with Gasteiger partial charge in [-0.2, -0.15) is 0 Å². The summed E-state index contributed by atoms with van der Waals surface area (Å²) < 4.78 is 0. The van der Waals surface area contributed by atoms with Crippen LogP contribution in [0.4, 0.5) is 0 Å². The number of para-hydroxylation sites is 1. The molecule has 0 bridgehead atoms. The molecule has 112 valence electrons. The lowest BCUT2D eigenvalue weighted by Gasteiger charge is -2.08. The highest BCUT2D eigenvalue weighted by Gasteiger charge is 2.19. The van der Waals surface area contributed by atoms with E-state index in [4.69, 9.17) is 0 Å². The minimum absolute atomic E-state index is 0.507. The highest BCUT2D eigenvalue weighted by atomic mass is 16.4. The molecule has 4 aromatic rings. The molecule has 3 N–H and O–H groups in total. The molecule has 4 rings (SSSR count). The van der Waals surface area contributed by atoms with Crippen LogP contribution in [-0.2, 0) is 6.42 Å². The summed E-state index contributed by atoms with van der Waals surface area (Å²) in [4.78, 5) is 3.33. The molecule has 0 aliphatic carbocycles. The minimum atomic E-state index is -1.49. The van der Waals surface area contributed by atoms with Gasteiger partial charge in [-0.15, -0.1) is 0 Å². The van der Waals surface area contributed by atoms with Crippen molar-refractivity contribution in [3.8, 4) is 0 Å². The number of aromatic amines is 1. The van der Waals surface area contributed by atoms with E-state index in [2.05, 4.69) is 23.2 Å². The van der Waals surface area contributed by atoms with Gasteiger partial charge in [0.2, 0.25) is 0 Å². The van der Waals surface area contributed by atoms with Gasteiger partial charge in [0, 0.05) is 27.3 Å². The Labute approximate surface area is 134 Å². The lowest BCUT2D eigenvalue weighted by molar-refractivity contribution is 0.426. The Kier molecular flexibility index (Phi) is 3.41. The zero-order chi connectivity index (χ0) is 15.8. The van der Waals surface area contributed by atoms with Crippen LogP contribution in [0.2, 0.25) is 0 Å². The Morgan fingerprint density at radius 3 is 2.35 bits per heavy atom. The molecular weight excluding hydrogens is 285 g/mol. The molecule has 3 nitrogen and oxygen atoms in total. The minimum Gasteiger partial charge on any atom is -0.423 e. The third-order valence-electron chi connectivity index (χ3n) is 4.30. The Bertz CT molecular complexity index is 977. The van der Waals surface area contributed by atoms with Crippen molar-refractivity contribution in [1.29, 1.82) is 0 Å². The summed E-state index contributed by atoms with van der Waals surface area (Å²) in [7, 11) is -1.49. The molecule has 1 heterocycles. The first kappa shape index (κ1) is 14.1. The number of hydrogen-bond acceptors (Lipinski definition) is 2. The van der Waals surface area contributed by atoms with Crippen LogP contribution >= 0.6 is 0 Å². The number of nitrogens with one attached hydrogen (secondary N) is 1. The van der Waals surface area contributed by atoms with Crippen LogP contribution in [0, 0.1) is 0 Å². The molecule has 0 fully saturated rings. The lowest BCUT2D eigenvalue weighted by Crippen LogP contribution is -2.30. The predicted molar refractivity (Wildman–Crippen MR) is 94.9 cm³/mol. The number of rotatable bonds is 3. The molecule has 0 saturated carbocycles. The van der Waals surface area contributed by atoms with Crippen LogP contribution in [0.3, 0.4) is 0 Å². The van der Waals surface area contributed by atoms with Crippen LogP contribution in [0.5, 0.6) is 0 Å². The fraction of sp³-hybridized carbons (Fsp3) is 0.0526. The maximum Gasteiger partial charge on any atom is 0.490 e. The van der Waals surface area contributed by atoms with Crippen molar-refractivity contribution in [2.45, 2.75) is 6.42 Å². The molecule has 0 atom stereocenters. The van der Waals surface area contributed by atoms with E-state index in [1.807, 2.05) is 42.5 Å². The number of aromatic nitrogens is 1. The van der Waals surface area contributed by atoms with Gasteiger partial charge in [0.05, 0.1) is 0 Å². The van der Waals surface area contributed by atoms with Gasteiger partial charge in [-0.1, -0.05) is 60.7 Å². The summed E-state index contributed by atoms with van der Waals surface area (Å²) in [6.07, 6.45) is 0.807. The van der Waals surface area contributed by atoms with Gasteiger partial charge >= 0.3 is 7.12 Å². The first-order chi connectivity index (χ1) is 11.2. The van der Waals surface area contributed by atoms with Crippen molar-refractivity contribution in [2.24, 2.45) is 0 Å². The van der Waals surface area contributed by atoms with Crippen molar-refractivity contribution in [3.05, 3.63) is 77.9 Å². The van der Waals surface area contributed by atoms with E-state index in [9.17, 15) is 10.0 Å². The number of H-pyrrole nitrogens is 1. The zero-order valence-corrected chi connectivity index (χ0v) is 12.5. The summed E-state index contributed by atoms with van der Waals surface area (Å²) >= 11 is 0. The van der Waals surface area contributed by atoms with Gasteiger partial charge in [0.25, 0.3) is 0 Å². The molecule has 1 aromatic heterocycles. The van der Waals surface area contributed by atoms with Crippen LogP contribution < -0.4 is 5.46 Å². The van der Waals surface area contributed by atoms with Gasteiger partial charge < -0.3 is 15.0 Å². The van der Waals surface area contributed by atoms with E-state index in [0.717, 1.165) is 28.2 Å². The van der Waals surface area contributed by atoms with Crippen LogP contribution in [0.15, 0.2) is 66.7 Å². The van der Waals surface area contributed by atoms with Crippen molar-refractivity contribution in [1.82, 2.24) is 4.98 Å². The van der Waals surface area contributed by atoms with Crippen molar-refractivity contribution in [2.75, 3.05) is 0 Å². The highest BCUT2D eigenvalue weighted by Crippen LogP contribution is 2.29. The smallest absolute Gasteiger partial charge is 0.423 e. The molecule has 4 heteroatoms. The second kappa shape index (κ2) is 5.58. The topological polar surface area (TPSA) is 56.2 Å². The van der Waals surface area contributed by atoms with Gasteiger partial charge in [0.15, 0.2) is 0 Å². The molecule has 23 heavy (non-hydrogen) atoms. The third-order valence-corrected chi connectivity index (χ3v) is 4.30. The Balaban J connectivity index is 1.99. The molecule has 0 unspecified atom stereocenters. The van der Waals surface area contributed by atoms with E-state index in [1.165, 1.54) is 11.1 Å². The second-order valence-electron chi connectivity index (χ2n) is 5.77. The Hall–Kier alpha value is -2.56. The largest absolute Gasteiger partial charge is 0.490 e. The summed E-state index contributed by atoms with van der Waals surface area (Å²) in [6, 6.07) is 22.1. The summed E-state index contributed by atoms with van der Waals surface area (Å²) in [5.41, 5.74) is 4.72. The zero-order valence-electron chi connectivity index (χ0n) is 12.5. The summed E-state index contributed by atoms with van der Waals surface area (Å²) in [5.74, 6) is 0. The van der Waals surface area contributed by atoms with Crippen LogP contribution in [0.1, 0.15) is 11.1 Å². The summed E-state index contributed by atoms with van der Waals surface area (Å²) in [6.45, 7) is 0. The van der Waals surface area contributed by atoms with Crippen LogP contribution in [0.25, 0.3) is 21.8 Å². The molecule has 0 saturated heterocycles. The van der Waals surface area contributed by atoms with E-state index < -0.39 is 7.12 Å². The molecule has 0 amide bonds. The quantitative estimate of drug-likeness (QED) is 0.509. The maximum atomic E-state index is 9.66. The normalized spacial score (nSPS) is 11.2. The molecule has 0 aliphatic heterocycles. The van der Waals surface area contributed by atoms with Gasteiger partial charge in [0.1, 0.15) is 0 Å². The Morgan fingerprint density at radius 1 is 0.826 bits per heavy atom. The van der Waals surface area contributed by atoms with E-state index in [-0.39, 0.29) is 0 Å². The molecule has 0 radical (unpaired) electrons. The lowest BCUT2D eigenvalue weighted by atomic mass is 9.78. The monoisotopic (exact) mass is 301 g/mol. The van der Waals surface area contributed by atoms with Crippen molar-refractivity contribution < 1.29 is 10.0 Å². The average molecular weight is 301 g/mol. The molecule has 0 aliphatic rings. The first-order valence-electron chi connectivity index (χ1n) is 7.66. The van der Waals surface area contributed by atoms with Gasteiger partial charge in [-0.3, -0.25) is 0 Å². The van der Waals surface area contributed by atoms with E-state index >= 15 is 0 Å². The molecule has 0 spiro atoms. The average Bonchev–Trinajstić information content (AvgIpc) is 2.95. The fourth-order valence-electron chi connectivity index (χ4n) is 3.23. The Morgan fingerprint density at radius 2 is 1.57 bits per heavy atom. The van der Waals surface area contributed by atoms with Gasteiger partial charge in [-0.25, -0.2) is 0 Å². The van der Waals surface area contributed by atoms with E-state index in [1.54, 1.807) is 6.07 Å². The predicted octanol–water partition coefficient (Wildman–Crippen LogP) is 2.59.